The lowest BCUT2D eigenvalue weighted by Crippen LogP contribution is -2.47. The van der Waals surface area contributed by atoms with Gasteiger partial charge in [-0.3, -0.25) is 9.69 Å². The molecule has 8 nitrogen and oxygen atoms in total. The van der Waals surface area contributed by atoms with Crippen LogP contribution in [0.15, 0.2) is 54.7 Å². The Kier molecular flexibility index (Phi) is 5.89. The normalized spacial score (nSPS) is 14.3. The maximum Gasteiger partial charge on any atom is 0.234 e. The van der Waals surface area contributed by atoms with Crippen molar-refractivity contribution in [1.29, 1.82) is 0 Å². The van der Waals surface area contributed by atoms with E-state index >= 15 is 0 Å². The molecule has 1 aliphatic rings. The quantitative estimate of drug-likeness (QED) is 0.453. The molecule has 0 radical (unpaired) electrons. The zero-order chi connectivity index (χ0) is 22.8. The molecule has 1 aromatic carbocycles. The highest BCUT2D eigenvalue weighted by Gasteiger charge is 2.16. The first-order chi connectivity index (χ1) is 16.0. The molecule has 0 atom stereocenters. The highest BCUT2D eigenvalue weighted by molar-refractivity contribution is 7.21. The number of anilines is 4. The molecule has 0 aliphatic carbocycles. The number of nitrogens with one attached hydrogen (secondary N) is 2. The van der Waals surface area contributed by atoms with Crippen molar-refractivity contribution in [2.75, 3.05) is 36.9 Å². The van der Waals surface area contributed by atoms with Crippen molar-refractivity contribution < 1.29 is 4.79 Å². The van der Waals surface area contributed by atoms with Crippen LogP contribution in [0.3, 0.4) is 0 Å². The van der Waals surface area contributed by atoms with Crippen molar-refractivity contribution in [3.05, 3.63) is 65.9 Å². The summed E-state index contributed by atoms with van der Waals surface area (Å²) in [6, 6.07) is 16.3. The maximum atomic E-state index is 11.6. The van der Waals surface area contributed by atoms with Gasteiger partial charge in [0.25, 0.3) is 0 Å². The average molecular weight is 460 g/mol. The molecular formula is C24H25N7OS. The van der Waals surface area contributed by atoms with Crippen molar-refractivity contribution >= 4 is 50.0 Å². The standard InChI is InChI=1S/C24H25N7OS/c1-16-3-5-18(6-4-16)30(2)21-8-7-19-23(29-21)33-24(27-19)28-20-13-17(9-10-25-20)14-31-12-11-26-22(32)15-31/h3-10,13H,11-12,14-15H2,1-2H3,(H,26,32)(H,25,27,28). The minimum Gasteiger partial charge on any atom is -0.354 e. The van der Waals surface area contributed by atoms with Crippen LogP contribution in [0.5, 0.6) is 0 Å². The predicted octanol–water partition coefficient (Wildman–Crippen LogP) is 3.84. The zero-order valence-corrected chi connectivity index (χ0v) is 19.4. The molecule has 5 rings (SSSR count). The molecule has 3 aromatic heterocycles. The molecule has 1 amide bonds. The Balaban J connectivity index is 1.31. The highest BCUT2D eigenvalue weighted by Crippen LogP contribution is 2.30. The Morgan fingerprint density at radius 2 is 2.00 bits per heavy atom. The van der Waals surface area contributed by atoms with E-state index in [0.29, 0.717) is 19.6 Å². The van der Waals surface area contributed by atoms with Crippen molar-refractivity contribution in [2.24, 2.45) is 0 Å². The van der Waals surface area contributed by atoms with Gasteiger partial charge in [-0.25, -0.2) is 15.0 Å². The summed E-state index contributed by atoms with van der Waals surface area (Å²) in [5.74, 6) is 1.67. The van der Waals surface area contributed by atoms with E-state index < -0.39 is 0 Å². The average Bonchev–Trinajstić information content (AvgIpc) is 3.21. The molecule has 9 heteroatoms. The number of pyridine rings is 2. The number of benzene rings is 1. The summed E-state index contributed by atoms with van der Waals surface area (Å²) < 4.78 is 0. The van der Waals surface area contributed by atoms with Gasteiger partial charge >= 0.3 is 0 Å². The maximum absolute atomic E-state index is 11.6. The molecule has 4 aromatic rings. The van der Waals surface area contributed by atoms with E-state index in [1.807, 2.05) is 31.3 Å². The van der Waals surface area contributed by atoms with Crippen molar-refractivity contribution in [2.45, 2.75) is 13.5 Å². The first kappa shape index (κ1) is 21.3. The fourth-order valence-electron chi connectivity index (χ4n) is 3.78. The number of nitrogens with zero attached hydrogens (tertiary/aromatic N) is 5. The molecule has 168 valence electrons. The molecule has 0 saturated carbocycles. The lowest BCUT2D eigenvalue weighted by Gasteiger charge is -2.26. The molecule has 0 spiro atoms. The van der Waals surface area contributed by atoms with E-state index in [1.165, 1.54) is 16.9 Å². The summed E-state index contributed by atoms with van der Waals surface area (Å²) in [5.41, 5.74) is 4.26. The van der Waals surface area contributed by atoms with Crippen molar-refractivity contribution in [1.82, 2.24) is 25.2 Å². The predicted molar refractivity (Wildman–Crippen MR) is 132 cm³/mol. The number of fused-ring (bicyclic) bond motifs is 1. The van der Waals surface area contributed by atoms with Crippen LogP contribution in [0.4, 0.5) is 22.5 Å². The second kappa shape index (κ2) is 9.13. The molecule has 0 unspecified atom stereocenters. The second-order valence-corrected chi connectivity index (χ2v) is 9.12. The van der Waals surface area contributed by atoms with Crippen molar-refractivity contribution in [3.8, 4) is 0 Å². The highest BCUT2D eigenvalue weighted by atomic mass is 32.1. The van der Waals surface area contributed by atoms with Crippen LogP contribution in [-0.2, 0) is 11.3 Å². The van der Waals surface area contributed by atoms with Gasteiger partial charge in [0.15, 0.2) is 5.13 Å². The fraction of sp³-hybridized carbons (Fsp3) is 0.250. The third-order valence-electron chi connectivity index (χ3n) is 5.59. The summed E-state index contributed by atoms with van der Waals surface area (Å²) in [7, 11) is 2.01. The fourth-order valence-corrected chi connectivity index (χ4v) is 4.62. The Morgan fingerprint density at radius 1 is 1.15 bits per heavy atom. The molecule has 2 N–H and O–H groups in total. The summed E-state index contributed by atoms with van der Waals surface area (Å²) in [4.78, 5) is 30.6. The summed E-state index contributed by atoms with van der Waals surface area (Å²) in [6.07, 6.45) is 1.78. The number of carbonyl (C=O) groups is 1. The van der Waals surface area contributed by atoms with E-state index in [2.05, 4.69) is 61.6 Å². The Hall–Kier alpha value is -3.56. The van der Waals surface area contributed by atoms with E-state index in [1.54, 1.807) is 6.20 Å². The lowest BCUT2D eigenvalue weighted by atomic mass is 10.2. The number of thiazole rings is 1. The third kappa shape index (κ3) is 4.94. The number of amides is 1. The topological polar surface area (TPSA) is 86.3 Å². The Labute approximate surface area is 196 Å². The van der Waals surface area contributed by atoms with Crippen LogP contribution in [0, 0.1) is 6.92 Å². The minimum atomic E-state index is 0.0722. The van der Waals surface area contributed by atoms with Gasteiger partial charge < -0.3 is 15.5 Å². The molecule has 1 aliphatic heterocycles. The molecular weight excluding hydrogens is 434 g/mol. The van der Waals surface area contributed by atoms with Crippen LogP contribution in [0.2, 0.25) is 0 Å². The molecule has 33 heavy (non-hydrogen) atoms. The molecule has 4 heterocycles. The van der Waals surface area contributed by atoms with Crippen molar-refractivity contribution in [3.63, 3.8) is 0 Å². The summed E-state index contributed by atoms with van der Waals surface area (Å²) >= 11 is 1.50. The molecule has 1 fully saturated rings. The number of rotatable bonds is 6. The van der Waals surface area contributed by atoms with Crippen LogP contribution < -0.4 is 15.5 Å². The smallest absolute Gasteiger partial charge is 0.234 e. The zero-order valence-electron chi connectivity index (χ0n) is 18.6. The van der Waals surface area contributed by atoms with Gasteiger partial charge in [-0.05, 0) is 48.9 Å². The monoisotopic (exact) mass is 459 g/mol. The third-order valence-corrected chi connectivity index (χ3v) is 6.47. The molecule has 1 saturated heterocycles. The minimum absolute atomic E-state index is 0.0722. The largest absolute Gasteiger partial charge is 0.354 e. The van der Waals surface area contributed by atoms with Gasteiger partial charge in [-0.1, -0.05) is 29.0 Å². The summed E-state index contributed by atoms with van der Waals surface area (Å²) in [5, 5.41) is 6.91. The lowest BCUT2D eigenvalue weighted by molar-refractivity contribution is -0.124. The number of aromatic nitrogens is 3. The van der Waals surface area contributed by atoms with Gasteiger partial charge in [0.2, 0.25) is 5.91 Å². The van der Waals surface area contributed by atoms with Gasteiger partial charge in [-0.2, -0.15) is 0 Å². The SMILES string of the molecule is Cc1ccc(N(C)c2ccc3nc(Nc4cc(CN5CCNC(=O)C5)ccn4)sc3n2)cc1. The van der Waals surface area contributed by atoms with Crippen LogP contribution in [0.1, 0.15) is 11.1 Å². The van der Waals surface area contributed by atoms with Gasteiger partial charge in [0.1, 0.15) is 22.0 Å². The number of hydrogen-bond acceptors (Lipinski definition) is 8. The summed E-state index contributed by atoms with van der Waals surface area (Å²) in [6.45, 7) is 4.75. The number of piperazine rings is 1. The van der Waals surface area contributed by atoms with Crippen LogP contribution in [0.25, 0.3) is 10.3 Å². The Bertz CT molecular complexity index is 1290. The first-order valence-electron chi connectivity index (χ1n) is 10.8. The number of carbonyl (C=O) groups excluding carboxylic acids is 1. The van der Waals surface area contributed by atoms with E-state index in [4.69, 9.17) is 4.98 Å². The first-order valence-corrected chi connectivity index (χ1v) is 11.6. The van der Waals surface area contributed by atoms with Crippen LogP contribution >= 0.6 is 11.3 Å². The van der Waals surface area contributed by atoms with Gasteiger partial charge in [0, 0.05) is 38.6 Å². The van der Waals surface area contributed by atoms with Gasteiger partial charge in [-0.15, -0.1) is 0 Å². The Morgan fingerprint density at radius 3 is 2.82 bits per heavy atom. The second-order valence-electron chi connectivity index (χ2n) is 8.14. The van der Waals surface area contributed by atoms with E-state index in [9.17, 15) is 4.79 Å². The van der Waals surface area contributed by atoms with E-state index in [0.717, 1.165) is 44.9 Å². The van der Waals surface area contributed by atoms with Crippen LogP contribution in [-0.4, -0.2) is 52.4 Å². The number of aryl methyl sites for hydroxylation is 1. The molecule has 0 bridgehead atoms. The van der Waals surface area contributed by atoms with Gasteiger partial charge in [0.05, 0.1) is 6.54 Å². The number of hydrogen-bond donors (Lipinski definition) is 2. The van der Waals surface area contributed by atoms with E-state index in [-0.39, 0.29) is 5.91 Å².